The van der Waals surface area contributed by atoms with Gasteiger partial charge in [-0.05, 0) is 61.1 Å². The Morgan fingerprint density at radius 3 is 2.42 bits per heavy atom. The maximum Gasteiger partial charge on any atom is 0.283 e. The number of fused-ring (bicyclic) bond motifs is 4. The lowest BCUT2D eigenvalue weighted by atomic mass is 9.81. The molecule has 0 radical (unpaired) electrons. The summed E-state index contributed by atoms with van der Waals surface area (Å²) in [4.78, 5) is 7.26. The molecule has 1 spiro atoms. The van der Waals surface area contributed by atoms with Gasteiger partial charge >= 0.3 is 0 Å². The van der Waals surface area contributed by atoms with Crippen LogP contribution in [0.3, 0.4) is 0 Å². The highest BCUT2D eigenvalue weighted by molar-refractivity contribution is 5.77. The second kappa shape index (κ2) is 7.36. The van der Waals surface area contributed by atoms with Crippen molar-refractivity contribution in [1.29, 1.82) is 0 Å². The quantitative estimate of drug-likeness (QED) is 0.771. The highest BCUT2D eigenvalue weighted by Crippen LogP contribution is 2.52. The van der Waals surface area contributed by atoms with Gasteiger partial charge in [0.25, 0.3) is 6.02 Å². The number of anilines is 1. The Bertz CT molecular complexity index is 1020. The number of nitrogens with zero attached hydrogens (tertiary/aromatic N) is 2. The minimum Gasteiger partial charge on any atom is -0.493 e. The molecule has 0 unspecified atom stereocenters. The summed E-state index contributed by atoms with van der Waals surface area (Å²) < 4.78 is 18.1. The van der Waals surface area contributed by atoms with E-state index in [9.17, 15) is 0 Å². The van der Waals surface area contributed by atoms with Crippen LogP contribution in [0.5, 0.6) is 17.2 Å². The number of hydrogen-bond donors (Lipinski definition) is 1. The molecule has 2 aromatic carbocycles. The number of aliphatic imine (C=N–C) groups is 1. The third kappa shape index (κ3) is 3.68. The van der Waals surface area contributed by atoms with Gasteiger partial charge < -0.3 is 24.8 Å². The first-order valence-corrected chi connectivity index (χ1v) is 11.2. The van der Waals surface area contributed by atoms with Crippen LogP contribution < -0.4 is 20.1 Å². The Hall–Kier alpha value is -2.89. The molecule has 5 rings (SSSR count). The van der Waals surface area contributed by atoms with Crippen LogP contribution in [0.1, 0.15) is 51.2 Å². The van der Waals surface area contributed by atoms with Crippen molar-refractivity contribution in [3.63, 3.8) is 0 Å². The van der Waals surface area contributed by atoms with E-state index < -0.39 is 5.54 Å². The molecule has 31 heavy (non-hydrogen) atoms. The number of piperidine rings is 1. The Balaban J connectivity index is 1.57. The summed E-state index contributed by atoms with van der Waals surface area (Å²) in [7, 11) is 0. The summed E-state index contributed by atoms with van der Waals surface area (Å²) >= 11 is 0. The van der Waals surface area contributed by atoms with Gasteiger partial charge in [0, 0.05) is 29.9 Å². The second-order valence-electron chi connectivity index (χ2n) is 9.94. The second-order valence-corrected chi connectivity index (χ2v) is 9.94. The summed E-state index contributed by atoms with van der Waals surface area (Å²) in [6, 6.07) is 12.6. The van der Waals surface area contributed by atoms with Gasteiger partial charge in [-0.1, -0.05) is 20.8 Å². The van der Waals surface area contributed by atoms with Crippen molar-refractivity contribution in [2.24, 2.45) is 16.1 Å². The van der Waals surface area contributed by atoms with Gasteiger partial charge in [-0.2, -0.15) is 0 Å². The van der Waals surface area contributed by atoms with E-state index in [2.05, 4.69) is 43.9 Å². The SMILES string of the molecule is CC(C)(C)COc1ccc2c(c1)[C@]1(COC(N)=N1)c1cc(N3CCCCC3)ccc1O2. The van der Waals surface area contributed by atoms with Crippen LogP contribution in [-0.2, 0) is 10.3 Å². The highest BCUT2D eigenvalue weighted by Gasteiger charge is 2.47. The standard InChI is InChI=1S/C25H31N3O3/c1-24(2,3)15-29-18-8-10-22-20(14-18)25(16-30-23(26)27-25)19-13-17(7-9-21(19)31-22)28-11-5-4-6-12-28/h7-10,13-14H,4-6,11-12,15-16H2,1-3H3,(H2,26,27)/t25-/m0/s1. The van der Waals surface area contributed by atoms with Gasteiger partial charge in [-0.15, -0.1) is 0 Å². The summed E-state index contributed by atoms with van der Waals surface area (Å²) in [6.07, 6.45) is 3.75. The predicted octanol–water partition coefficient (Wildman–Crippen LogP) is 4.80. The third-order valence-corrected chi connectivity index (χ3v) is 6.15. The van der Waals surface area contributed by atoms with Crippen molar-refractivity contribution in [3.05, 3.63) is 47.5 Å². The van der Waals surface area contributed by atoms with Crippen molar-refractivity contribution < 1.29 is 14.2 Å². The van der Waals surface area contributed by atoms with E-state index in [0.717, 1.165) is 41.5 Å². The first kappa shape index (κ1) is 20.0. The zero-order valence-corrected chi connectivity index (χ0v) is 18.6. The fraction of sp³-hybridized carbons (Fsp3) is 0.480. The van der Waals surface area contributed by atoms with Crippen LogP contribution in [0.25, 0.3) is 0 Å². The van der Waals surface area contributed by atoms with Crippen molar-refractivity contribution in [2.45, 2.75) is 45.6 Å². The number of hydrogen-bond acceptors (Lipinski definition) is 6. The van der Waals surface area contributed by atoms with Crippen LogP contribution in [0, 0.1) is 5.41 Å². The average Bonchev–Trinajstić information content (AvgIpc) is 3.15. The van der Waals surface area contributed by atoms with Crippen molar-refractivity contribution in [1.82, 2.24) is 0 Å². The normalized spacial score (nSPS) is 22.3. The molecule has 1 saturated heterocycles. The van der Waals surface area contributed by atoms with Gasteiger partial charge in [0.15, 0.2) is 5.54 Å². The molecule has 0 amide bonds. The molecule has 6 nitrogen and oxygen atoms in total. The third-order valence-electron chi connectivity index (χ3n) is 6.15. The first-order chi connectivity index (χ1) is 14.8. The smallest absolute Gasteiger partial charge is 0.283 e. The molecule has 3 heterocycles. The lowest BCUT2D eigenvalue weighted by Gasteiger charge is -2.36. The van der Waals surface area contributed by atoms with Gasteiger partial charge in [0.05, 0.1) is 6.61 Å². The molecule has 164 valence electrons. The van der Waals surface area contributed by atoms with Crippen molar-refractivity contribution >= 4 is 11.7 Å². The number of nitrogens with two attached hydrogens (primary N) is 1. The summed E-state index contributed by atoms with van der Waals surface area (Å²) in [5.74, 6) is 2.37. The van der Waals surface area contributed by atoms with Gasteiger partial charge in [0.2, 0.25) is 0 Å². The van der Waals surface area contributed by atoms with Crippen LogP contribution in [0.4, 0.5) is 5.69 Å². The first-order valence-electron chi connectivity index (χ1n) is 11.2. The zero-order chi connectivity index (χ0) is 21.6. The van der Waals surface area contributed by atoms with Crippen molar-refractivity contribution in [2.75, 3.05) is 31.2 Å². The minimum absolute atomic E-state index is 0.0685. The molecule has 2 N–H and O–H groups in total. The molecule has 0 saturated carbocycles. The molecule has 6 heteroatoms. The topological polar surface area (TPSA) is 69.3 Å². The molecule has 0 aromatic heterocycles. The monoisotopic (exact) mass is 421 g/mol. The van der Waals surface area contributed by atoms with Crippen LogP contribution >= 0.6 is 0 Å². The average molecular weight is 422 g/mol. The van der Waals surface area contributed by atoms with E-state index in [4.69, 9.17) is 24.9 Å². The van der Waals surface area contributed by atoms with Gasteiger partial charge in [-0.3, -0.25) is 0 Å². The maximum absolute atomic E-state index is 6.30. The Morgan fingerprint density at radius 1 is 1.03 bits per heavy atom. The van der Waals surface area contributed by atoms with E-state index in [-0.39, 0.29) is 11.4 Å². The minimum atomic E-state index is -0.722. The van der Waals surface area contributed by atoms with Gasteiger partial charge in [0.1, 0.15) is 23.9 Å². The lowest BCUT2D eigenvalue weighted by molar-refractivity contribution is 0.197. The molecule has 1 atom stereocenters. The highest BCUT2D eigenvalue weighted by atomic mass is 16.5. The van der Waals surface area contributed by atoms with Crippen molar-refractivity contribution in [3.8, 4) is 17.2 Å². The molecule has 2 aromatic rings. The molecular formula is C25H31N3O3. The molecule has 1 fully saturated rings. The predicted molar refractivity (Wildman–Crippen MR) is 122 cm³/mol. The van der Waals surface area contributed by atoms with Crippen LogP contribution in [-0.4, -0.2) is 32.3 Å². The Kier molecular flexibility index (Phi) is 4.76. The number of amidine groups is 1. The number of benzene rings is 2. The van der Waals surface area contributed by atoms with E-state index in [0.29, 0.717) is 13.2 Å². The summed E-state index contributed by atoms with van der Waals surface area (Å²) in [6.45, 7) is 9.61. The summed E-state index contributed by atoms with van der Waals surface area (Å²) in [5.41, 5.74) is 8.51. The van der Waals surface area contributed by atoms with Crippen LogP contribution in [0.15, 0.2) is 41.4 Å². The molecular weight excluding hydrogens is 390 g/mol. The number of ether oxygens (including phenoxy) is 3. The molecule has 0 bridgehead atoms. The summed E-state index contributed by atoms with van der Waals surface area (Å²) in [5, 5.41) is 0. The zero-order valence-electron chi connectivity index (χ0n) is 18.6. The van der Waals surface area contributed by atoms with E-state index in [1.165, 1.54) is 24.9 Å². The fourth-order valence-electron chi connectivity index (χ4n) is 4.56. The molecule has 3 aliphatic rings. The Labute approximate surface area is 184 Å². The van der Waals surface area contributed by atoms with E-state index >= 15 is 0 Å². The molecule has 3 aliphatic heterocycles. The van der Waals surface area contributed by atoms with E-state index in [1.807, 2.05) is 18.2 Å². The Morgan fingerprint density at radius 2 is 1.74 bits per heavy atom. The van der Waals surface area contributed by atoms with E-state index in [1.54, 1.807) is 0 Å². The largest absolute Gasteiger partial charge is 0.493 e. The molecule has 0 aliphatic carbocycles. The number of rotatable bonds is 3. The maximum atomic E-state index is 6.30. The van der Waals surface area contributed by atoms with Gasteiger partial charge in [-0.25, -0.2) is 4.99 Å². The lowest BCUT2D eigenvalue weighted by Crippen LogP contribution is -2.33. The fourth-order valence-corrected chi connectivity index (χ4v) is 4.56. The van der Waals surface area contributed by atoms with Crippen LogP contribution in [0.2, 0.25) is 0 Å².